The Bertz CT molecular complexity index is 1070. The number of rotatable bonds is 4. The Balaban J connectivity index is 2.49. The van der Waals surface area contributed by atoms with Crippen LogP contribution in [0.25, 0.3) is 6.08 Å². The van der Waals surface area contributed by atoms with Gasteiger partial charge >= 0.3 is 5.97 Å². The molecule has 1 N–H and O–H groups in total. The molecule has 1 aromatic rings. The van der Waals surface area contributed by atoms with Crippen LogP contribution in [0.4, 0.5) is 0 Å². The normalized spacial score (nSPS) is 29.2. The quantitative estimate of drug-likeness (QED) is 0.218. The third-order valence-electron chi connectivity index (χ3n) is 8.88. The van der Waals surface area contributed by atoms with Gasteiger partial charge in [0.2, 0.25) is 0 Å². The van der Waals surface area contributed by atoms with Gasteiger partial charge in [0, 0.05) is 23.1 Å². The Hall–Kier alpha value is -1.61. The van der Waals surface area contributed by atoms with Crippen molar-refractivity contribution in [3.05, 3.63) is 33.8 Å². The molecule has 1 aliphatic heterocycles. The molecule has 0 aromatic carbocycles. The van der Waals surface area contributed by atoms with Crippen LogP contribution >= 0.6 is 11.3 Å². The Kier molecular flexibility index (Phi) is 12.1. The van der Waals surface area contributed by atoms with Gasteiger partial charge in [-0.3, -0.25) is 9.59 Å². The number of Topliss-reactive ketones (excluding diaryl/α,β-unsaturated/α-hetero) is 1. The molecular formula is C32H53NO5SSi. The van der Waals surface area contributed by atoms with Gasteiger partial charge in [0.1, 0.15) is 11.9 Å². The van der Waals surface area contributed by atoms with Crippen LogP contribution in [0, 0.1) is 24.2 Å². The number of ketones is 1. The molecule has 0 amide bonds. The van der Waals surface area contributed by atoms with Crippen molar-refractivity contribution < 1.29 is 23.9 Å². The van der Waals surface area contributed by atoms with Crippen LogP contribution in [0.3, 0.4) is 0 Å². The predicted octanol–water partition coefficient (Wildman–Crippen LogP) is 7.91. The summed E-state index contributed by atoms with van der Waals surface area (Å²) in [5.41, 5.74) is 0.788. The number of aliphatic hydroxyl groups is 1. The van der Waals surface area contributed by atoms with Crippen molar-refractivity contribution in [2.45, 2.75) is 131 Å². The SMILES string of the molecule is C/C(=C\c1csc(C)n1)[C@H]1C/C=C\CCC[C@@H](C)[C@H](O)[C@H](C)C(=O)C(C)(C)[C@@H](O[Si](C)(C)C(C)(C)C)CC(=O)O1. The summed E-state index contributed by atoms with van der Waals surface area (Å²) >= 11 is 1.59. The van der Waals surface area contributed by atoms with E-state index >= 15 is 0 Å². The van der Waals surface area contributed by atoms with Crippen LogP contribution in [0.2, 0.25) is 18.1 Å². The summed E-state index contributed by atoms with van der Waals surface area (Å²) in [6.07, 6.45) is 7.43. The lowest BCUT2D eigenvalue weighted by Gasteiger charge is -2.44. The molecule has 0 fully saturated rings. The average Bonchev–Trinajstić information content (AvgIpc) is 3.25. The monoisotopic (exact) mass is 591 g/mol. The second kappa shape index (κ2) is 14.0. The second-order valence-corrected chi connectivity index (χ2v) is 19.5. The maximum absolute atomic E-state index is 13.9. The number of esters is 1. The number of ether oxygens (including phenoxy) is 1. The van der Waals surface area contributed by atoms with E-state index in [1.165, 1.54) is 0 Å². The maximum Gasteiger partial charge on any atom is 0.309 e. The summed E-state index contributed by atoms with van der Waals surface area (Å²) in [4.78, 5) is 32.1. The highest BCUT2D eigenvalue weighted by Gasteiger charge is 2.48. The summed E-state index contributed by atoms with van der Waals surface area (Å²) < 4.78 is 12.9. The topological polar surface area (TPSA) is 85.7 Å². The summed E-state index contributed by atoms with van der Waals surface area (Å²) in [5.74, 6) is -1.06. The zero-order chi connectivity index (χ0) is 30.5. The first-order chi connectivity index (χ1) is 18.4. The predicted molar refractivity (Wildman–Crippen MR) is 168 cm³/mol. The van der Waals surface area contributed by atoms with E-state index in [0.717, 1.165) is 35.5 Å². The number of hydrogen-bond donors (Lipinski definition) is 1. The maximum atomic E-state index is 13.9. The van der Waals surface area contributed by atoms with E-state index in [2.05, 4.69) is 51.0 Å². The Morgan fingerprint density at radius 2 is 1.88 bits per heavy atom. The van der Waals surface area contributed by atoms with Gasteiger partial charge in [-0.2, -0.15) is 0 Å². The van der Waals surface area contributed by atoms with Crippen molar-refractivity contribution in [1.82, 2.24) is 4.98 Å². The summed E-state index contributed by atoms with van der Waals surface area (Å²) in [6.45, 7) is 22.2. The Morgan fingerprint density at radius 3 is 2.45 bits per heavy atom. The molecule has 6 nitrogen and oxygen atoms in total. The standard InChI is InChI=1S/C32H53NO5SSi/c1-21-16-14-12-13-15-17-26(22(2)18-25-20-39-24(4)33-25)37-28(34)19-27(38-40(10,11)31(5,6)7)32(8,9)30(36)23(3)29(21)35/h13,15,18,20-21,23,26-27,29,35H,12,14,16-17,19H2,1-11H3/b15-13-,22-18+/t21-,23+,26-,27+,29+/m1/s1. The van der Waals surface area contributed by atoms with Crippen molar-refractivity contribution in [1.29, 1.82) is 0 Å². The van der Waals surface area contributed by atoms with Crippen LogP contribution < -0.4 is 0 Å². The van der Waals surface area contributed by atoms with Crippen LogP contribution in [0.15, 0.2) is 23.1 Å². The van der Waals surface area contributed by atoms with Gasteiger partial charge in [0.15, 0.2) is 8.32 Å². The molecule has 2 rings (SSSR count). The van der Waals surface area contributed by atoms with Crippen molar-refractivity contribution in [3.63, 3.8) is 0 Å². The largest absolute Gasteiger partial charge is 0.457 e. The van der Waals surface area contributed by atoms with E-state index in [0.29, 0.717) is 6.42 Å². The van der Waals surface area contributed by atoms with Gasteiger partial charge < -0.3 is 14.3 Å². The minimum atomic E-state index is -2.36. The minimum absolute atomic E-state index is 0.0136. The number of aromatic nitrogens is 1. The number of hydrogen-bond acceptors (Lipinski definition) is 7. The number of nitrogens with zero attached hydrogens (tertiary/aromatic N) is 1. The molecule has 0 radical (unpaired) electrons. The molecule has 0 saturated heterocycles. The van der Waals surface area contributed by atoms with Crippen LogP contribution in [0.5, 0.6) is 0 Å². The van der Waals surface area contributed by atoms with Crippen molar-refractivity contribution in [2.75, 3.05) is 0 Å². The Labute approximate surface area is 247 Å². The van der Waals surface area contributed by atoms with E-state index in [-0.39, 0.29) is 29.1 Å². The molecule has 2 heterocycles. The van der Waals surface area contributed by atoms with Gasteiger partial charge in [-0.1, -0.05) is 60.6 Å². The molecule has 1 aliphatic rings. The van der Waals surface area contributed by atoms with E-state index in [4.69, 9.17) is 9.16 Å². The fraction of sp³-hybridized carbons (Fsp3) is 0.719. The van der Waals surface area contributed by atoms with Crippen LogP contribution in [-0.4, -0.2) is 48.5 Å². The molecule has 1 aromatic heterocycles. The van der Waals surface area contributed by atoms with Gasteiger partial charge in [0.25, 0.3) is 0 Å². The smallest absolute Gasteiger partial charge is 0.309 e. The number of thiazole rings is 1. The van der Waals surface area contributed by atoms with E-state index in [1.54, 1.807) is 18.3 Å². The number of aryl methyl sites for hydroxylation is 1. The van der Waals surface area contributed by atoms with Crippen molar-refractivity contribution in [2.24, 2.45) is 17.3 Å². The highest BCUT2D eigenvalue weighted by Crippen LogP contribution is 2.42. The van der Waals surface area contributed by atoms with E-state index < -0.39 is 38.0 Å². The van der Waals surface area contributed by atoms with Crippen molar-refractivity contribution in [3.8, 4) is 0 Å². The first kappa shape index (κ1) is 34.6. The van der Waals surface area contributed by atoms with E-state index in [1.807, 2.05) is 46.1 Å². The number of aliphatic hydroxyl groups excluding tert-OH is 1. The first-order valence-electron chi connectivity index (χ1n) is 14.7. The highest BCUT2D eigenvalue weighted by molar-refractivity contribution is 7.09. The first-order valence-corrected chi connectivity index (χ1v) is 18.5. The number of allylic oxidation sites excluding steroid dienone is 1. The summed E-state index contributed by atoms with van der Waals surface area (Å²) in [5, 5.41) is 14.0. The molecular weight excluding hydrogens is 539 g/mol. The lowest BCUT2D eigenvalue weighted by molar-refractivity contribution is -0.153. The molecule has 0 bridgehead atoms. The molecule has 0 spiro atoms. The highest BCUT2D eigenvalue weighted by atomic mass is 32.1. The lowest BCUT2D eigenvalue weighted by Crippen LogP contribution is -2.52. The van der Waals surface area contributed by atoms with Gasteiger partial charge in [-0.25, -0.2) is 4.98 Å². The molecule has 0 saturated carbocycles. The lowest BCUT2D eigenvalue weighted by atomic mass is 9.73. The number of cyclic esters (lactones) is 1. The average molecular weight is 592 g/mol. The fourth-order valence-corrected chi connectivity index (χ4v) is 6.91. The zero-order valence-electron chi connectivity index (χ0n) is 26.7. The van der Waals surface area contributed by atoms with E-state index in [9.17, 15) is 14.7 Å². The molecule has 0 aliphatic carbocycles. The molecule has 0 unspecified atom stereocenters. The number of carbonyl (C=O) groups excluding carboxylic acids is 2. The fourth-order valence-electron chi connectivity index (χ4n) is 4.89. The van der Waals surface area contributed by atoms with Gasteiger partial charge in [-0.15, -0.1) is 11.3 Å². The molecule has 226 valence electrons. The third-order valence-corrected chi connectivity index (χ3v) is 14.2. The Morgan fingerprint density at radius 1 is 1.23 bits per heavy atom. The molecule has 5 atom stereocenters. The van der Waals surface area contributed by atoms with Gasteiger partial charge in [0.05, 0.1) is 29.3 Å². The van der Waals surface area contributed by atoms with Crippen LogP contribution in [-0.2, 0) is 18.8 Å². The molecule has 40 heavy (non-hydrogen) atoms. The summed E-state index contributed by atoms with van der Waals surface area (Å²) in [7, 11) is -2.36. The third kappa shape index (κ3) is 9.20. The van der Waals surface area contributed by atoms with Crippen LogP contribution in [0.1, 0.15) is 98.2 Å². The zero-order valence-corrected chi connectivity index (χ0v) is 28.5. The minimum Gasteiger partial charge on any atom is -0.457 e. The van der Waals surface area contributed by atoms with Crippen molar-refractivity contribution >= 4 is 37.5 Å². The summed E-state index contributed by atoms with van der Waals surface area (Å²) in [6, 6.07) is 0. The van der Waals surface area contributed by atoms with Gasteiger partial charge in [-0.05, 0) is 68.8 Å². The number of carbonyl (C=O) groups is 2. The second-order valence-electron chi connectivity index (χ2n) is 13.7. The molecule has 8 heteroatoms.